The lowest BCUT2D eigenvalue weighted by Crippen LogP contribution is -2.27. The Balaban J connectivity index is 1.45. The molecule has 0 bridgehead atoms. The number of carbonyl (C=O) groups excluding carboxylic acids is 3. The van der Waals surface area contributed by atoms with E-state index in [2.05, 4.69) is 15.3 Å². The van der Waals surface area contributed by atoms with E-state index in [9.17, 15) is 14.4 Å². The number of hydrogen-bond acceptors (Lipinski definition) is 8. The van der Waals surface area contributed by atoms with Crippen LogP contribution in [-0.2, 0) is 14.3 Å². The molecule has 0 radical (unpaired) electrons. The van der Waals surface area contributed by atoms with Crippen LogP contribution in [0.2, 0.25) is 0 Å². The lowest BCUT2D eigenvalue weighted by molar-refractivity contribution is -0.119. The molecular formula is C23H22N4O4S2. The molecule has 10 heteroatoms. The van der Waals surface area contributed by atoms with E-state index in [0.717, 1.165) is 11.3 Å². The average molecular weight is 483 g/mol. The summed E-state index contributed by atoms with van der Waals surface area (Å²) in [4.78, 5) is 48.9. The van der Waals surface area contributed by atoms with E-state index in [4.69, 9.17) is 4.74 Å². The van der Waals surface area contributed by atoms with Gasteiger partial charge in [0, 0.05) is 13.0 Å². The summed E-state index contributed by atoms with van der Waals surface area (Å²) in [5.41, 5.74) is 1.87. The molecule has 3 heterocycles. The Morgan fingerprint density at radius 1 is 1.21 bits per heavy atom. The van der Waals surface area contributed by atoms with E-state index >= 15 is 0 Å². The molecule has 2 aromatic heterocycles. The summed E-state index contributed by atoms with van der Waals surface area (Å²) in [6.45, 7) is 1.86. The molecule has 1 N–H and O–H groups in total. The fraction of sp³-hybridized carbons (Fsp3) is 0.261. The first-order valence-corrected chi connectivity index (χ1v) is 12.4. The van der Waals surface area contributed by atoms with Gasteiger partial charge in [-0.25, -0.2) is 14.8 Å². The number of amides is 2. The summed E-state index contributed by atoms with van der Waals surface area (Å²) < 4.78 is 5.28. The molecule has 0 unspecified atom stereocenters. The van der Waals surface area contributed by atoms with Crippen LogP contribution in [0.15, 0.2) is 46.8 Å². The van der Waals surface area contributed by atoms with Crippen LogP contribution in [0.4, 0.5) is 11.4 Å². The minimum atomic E-state index is -0.660. The average Bonchev–Trinajstić information content (AvgIpc) is 3.49. The van der Waals surface area contributed by atoms with Crippen molar-refractivity contribution in [2.45, 2.75) is 24.8 Å². The molecule has 1 saturated heterocycles. The summed E-state index contributed by atoms with van der Waals surface area (Å²) >= 11 is 2.83. The summed E-state index contributed by atoms with van der Waals surface area (Å²) in [7, 11) is 0. The quantitative estimate of drug-likeness (QED) is 0.307. The zero-order valence-electron chi connectivity index (χ0n) is 18.2. The number of thioether (sulfide) groups is 1. The maximum Gasteiger partial charge on any atom is 0.343 e. The molecule has 0 saturated carbocycles. The number of carbonyl (C=O) groups is 3. The van der Waals surface area contributed by atoms with Crippen molar-refractivity contribution in [3.8, 4) is 10.7 Å². The Kier molecular flexibility index (Phi) is 7.05. The molecule has 0 atom stereocenters. The van der Waals surface area contributed by atoms with Gasteiger partial charge in [0.15, 0.2) is 12.4 Å². The topological polar surface area (TPSA) is 101 Å². The van der Waals surface area contributed by atoms with Gasteiger partial charge in [0.25, 0.3) is 5.91 Å². The van der Waals surface area contributed by atoms with Crippen molar-refractivity contribution in [3.05, 3.63) is 53.0 Å². The lowest BCUT2D eigenvalue weighted by Gasteiger charge is -2.20. The number of ether oxygens (including phenoxy) is 1. The Morgan fingerprint density at radius 3 is 2.73 bits per heavy atom. The first-order valence-electron chi connectivity index (χ1n) is 10.3. The van der Waals surface area contributed by atoms with Gasteiger partial charge < -0.3 is 15.0 Å². The van der Waals surface area contributed by atoms with Crippen molar-refractivity contribution in [2.75, 3.05) is 29.6 Å². The number of benzene rings is 1. The van der Waals surface area contributed by atoms with E-state index in [1.54, 1.807) is 30.0 Å². The van der Waals surface area contributed by atoms with Crippen LogP contribution in [0.5, 0.6) is 0 Å². The number of esters is 1. The second kappa shape index (κ2) is 10.1. The predicted molar refractivity (Wildman–Crippen MR) is 129 cm³/mol. The molecule has 3 aromatic rings. The van der Waals surface area contributed by atoms with Crippen molar-refractivity contribution >= 4 is 52.3 Å². The molecule has 1 aliphatic rings. The van der Waals surface area contributed by atoms with Crippen molar-refractivity contribution < 1.29 is 19.1 Å². The molecule has 0 aliphatic carbocycles. The molecule has 1 aromatic carbocycles. The van der Waals surface area contributed by atoms with Crippen LogP contribution >= 0.6 is 23.1 Å². The van der Waals surface area contributed by atoms with Crippen LogP contribution in [0, 0.1) is 6.92 Å². The van der Waals surface area contributed by atoms with Gasteiger partial charge in [-0.15, -0.1) is 23.1 Å². The van der Waals surface area contributed by atoms with Crippen LogP contribution < -0.4 is 10.2 Å². The van der Waals surface area contributed by atoms with Gasteiger partial charge in [0.1, 0.15) is 10.6 Å². The Labute approximate surface area is 199 Å². The zero-order valence-corrected chi connectivity index (χ0v) is 19.8. The van der Waals surface area contributed by atoms with Gasteiger partial charge in [-0.3, -0.25) is 9.59 Å². The van der Waals surface area contributed by atoms with Crippen LogP contribution in [-0.4, -0.2) is 47.2 Å². The minimum Gasteiger partial charge on any atom is -0.452 e. The highest BCUT2D eigenvalue weighted by atomic mass is 32.2. The SMILES string of the molecule is CSc1nc(-c2cccs2)nc(C)c1C(=O)OCC(=O)Nc1ccccc1N1CCCC1=O. The largest absolute Gasteiger partial charge is 0.452 e. The number of nitrogens with zero attached hydrogens (tertiary/aromatic N) is 3. The Hall–Kier alpha value is -3.24. The third kappa shape index (κ3) is 5.07. The first-order chi connectivity index (χ1) is 16.0. The minimum absolute atomic E-state index is 0.0224. The highest BCUT2D eigenvalue weighted by molar-refractivity contribution is 7.98. The van der Waals surface area contributed by atoms with Crippen LogP contribution in [0.25, 0.3) is 10.7 Å². The van der Waals surface area contributed by atoms with Crippen molar-refractivity contribution in [1.82, 2.24) is 9.97 Å². The standard InChI is InChI=1S/C23H22N4O4S2/c1-14-20(22(32-2)26-21(24-14)17-9-6-12-33-17)23(30)31-13-18(28)25-15-7-3-4-8-16(15)27-11-5-10-19(27)29/h3-4,6-9,12H,5,10-11,13H2,1-2H3,(H,25,28). The van der Waals surface area contributed by atoms with E-state index in [1.165, 1.54) is 23.1 Å². The Bertz CT molecular complexity index is 1200. The molecule has 1 aliphatic heterocycles. The third-order valence-electron chi connectivity index (χ3n) is 5.07. The van der Waals surface area contributed by atoms with Crippen molar-refractivity contribution in [1.29, 1.82) is 0 Å². The normalized spacial score (nSPS) is 13.3. The molecule has 33 heavy (non-hydrogen) atoms. The number of hydrogen-bond donors (Lipinski definition) is 1. The van der Waals surface area contributed by atoms with E-state index in [-0.39, 0.29) is 11.5 Å². The fourth-order valence-corrected chi connectivity index (χ4v) is 4.82. The summed E-state index contributed by atoms with van der Waals surface area (Å²) in [5.74, 6) is -0.585. The van der Waals surface area contributed by atoms with E-state index < -0.39 is 18.5 Å². The summed E-state index contributed by atoms with van der Waals surface area (Å²) in [6, 6.07) is 10.9. The second-order valence-corrected chi connectivity index (χ2v) is 9.03. The number of thiophene rings is 1. The van der Waals surface area contributed by atoms with Crippen molar-refractivity contribution in [2.24, 2.45) is 0 Å². The van der Waals surface area contributed by atoms with E-state index in [1.807, 2.05) is 29.8 Å². The smallest absolute Gasteiger partial charge is 0.343 e. The zero-order chi connectivity index (χ0) is 23.4. The highest BCUT2D eigenvalue weighted by Crippen LogP contribution is 2.30. The fourth-order valence-electron chi connectivity index (χ4n) is 3.55. The van der Waals surface area contributed by atoms with Gasteiger partial charge in [0.2, 0.25) is 5.91 Å². The van der Waals surface area contributed by atoms with Gasteiger partial charge in [-0.1, -0.05) is 18.2 Å². The molecule has 0 spiro atoms. The number of anilines is 2. The molecular weight excluding hydrogens is 460 g/mol. The molecule has 170 valence electrons. The Morgan fingerprint density at radius 2 is 2.03 bits per heavy atom. The molecule has 1 fully saturated rings. The summed E-state index contributed by atoms with van der Waals surface area (Å²) in [5, 5.41) is 5.17. The van der Waals surface area contributed by atoms with Gasteiger partial charge in [0.05, 0.1) is 21.9 Å². The molecule has 4 rings (SSSR count). The van der Waals surface area contributed by atoms with Crippen molar-refractivity contribution in [3.63, 3.8) is 0 Å². The third-order valence-corrected chi connectivity index (χ3v) is 6.62. The van der Waals surface area contributed by atoms with Crippen LogP contribution in [0.1, 0.15) is 28.9 Å². The highest BCUT2D eigenvalue weighted by Gasteiger charge is 2.25. The monoisotopic (exact) mass is 482 g/mol. The number of aryl methyl sites for hydroxylation is 1. The van der Waals surface area contributed by atoms with Crippen LogP contribution in [0.3, 0.4) is 0 Å². The second-order valence-electron chi connectivity index (χ2n) is 7.28. The number of para-hydroxylation sites is 2. The number of rotatable bonds is 7. The molecule has 8 nitrogen and oxygen atoms in total. The lowest BCUT2D eigenvalue weighted by atomic mass is 10.2. The maximum atomic E-state index is 12.8. The first kappa shape index (κ1) is 22.9. The summed E-state index contributed by atoms with van der Waals surface area (Å²) in [6.07, 6.45) is 3.09. The van der Waals surface area contributed by atoms with Gasteiger partial charge >= 0.3 is 5.97 Å². The van der Waals surface area contributed by atoms with Gasteiger partial charge in [-0.2, -0.15) is 0 Å². The van der Waals surface area contributed by atoms with E-state index in [0.29, 0.717) is 40.9 Å². The number of nitrogens with one attached hydrogen (secondary N) is 1. The van der Waals surface area contributed by atoms with Gasteiger partial charge in [-0.05, 0) is 43.2 Å². The predicted octanol–water partition coefficient (Wildman–Crippen LogP) is 4.16. The number of aromatic nitrogens is 2. The maximum absolute atomic E-state index is 12.8. The molecule has 2 amide bonds.